The third kappa shape index (κ3) is 4.89. The van der Waals surface area contributed by atoms with Crippen LogP contribution in [0.25, 0.3) is 0 Å². The molecule has 2 aromatic carbocycles. The Balaban J connectivity index is 1.63. The Bertz CT molecular complexity index is 799. The van der Waals surface area contributed by atoms with E-state index in [2.05, 4.69) is 24.0 Å². The highest BCUT2D eigenvalue weighted by atomic mass is 19.1. The largest absolute Gasteiger partial charge is 0.497 e. The molecule has 0 bridgehead atoms. The van der Waals surface area contributed by atoms with Crippen molar-refractivity contribution >= 4 is 0 Å². The van der Waals surface area contributed by atoms with Gasteiger partial charge < -0.3 is 4.74 Å². The first-order valence-electron chi connectivity index (χ1n) is 9.74. The van der Waals surface area contributed by atoms with Gasteiger partial charge in [0.25, 0.3) is 0 Å². The molecule has 0 atom stereocenters. The van der Waals surface area contributed by atoms with Crippen LogP contribution in [-0.4, -0.2) is 7.11 Å². The molecule has 1 nitrogen and oxygen atoms in total. The quantitative estimate of drug-likeness (QED) is 0.580. The maximum absolute atomic E-state index is 14.2. The zero-order valence-electron chi connectivity index (χ0n) is 16.0. The van der Waals surface area contributed by atoms with E-state index in [4.69, 9.17) is 4.74 Å². The van der Waals surface area contributed by atoms with E-state index in [9.17, 15) is 8.78 Å². The molecule has 0 aromatic heterocycles. The lowest BCUT2D eigenvalue weighted by Crippen LogP contribution is -2.12. The molecule has 0 heterocycles. The van der Waals surface area contributed by atoms with Crippen LogP contribution in [0.1, 0.15) is 61.6 Å². The van der Waals surface area contributed by atoms with Gasteiger partial charge in [0.15, 0.2) is 0 Å². The molecule has 0 aliphatic heterocycles. The zero-order valence-corrected chi connectivity index (χ0v) is 16.0. The summed E-state index contributed by atoms with van der Waals surface area (Å²) in [5, 5.41) is 0. The number of methoxy groups -OCH3 is 1. The second-order valence-electron chi connectivity index (χ2n) is 7.28. The topological polar surface area (TPSA) is 9.23 Å². The molecule has 142 valence electrons. The normalized spacial score (nSPS) is 19.3. The molecule has 2 aromatic rings. The van der Waals surface area contributed by atoms with E-state index in [1.54, 1.807) is 7.11 Å². The number of rotatable bonds is 4. The van der Waals surface area contributed by atoms with Crippen LogP contribution < -0.4 is 4.74 Å². The van der Waals surface area contributed by atoms with Gasteiger partial charge in [-0.15, -0.1) is 0 Å². The van der Waals surface area contributed by atoms with Crippen LogP contribution >= 0.6 is 0 Å². The lowest BCUT2D eigenvalue weighted by molar-refractivity contribution is 0.383. The summed E-state index contributed by atoms with van der Waals surface area (Å²) in [5.74, 6) is 6.39. The van der Waals surface area contributed by atoms with E-state index in [-0.39, 0.29) is 11.5 Å². The van der Waals surface area contributed by atoms with Crippen LogP contribution in [-0.2, 0) is 6.42 Å². The molecule has 1 saturated carbocycles. The molecular weight excluding hydrogens is 342 g/mol. The van der Waals surface area contributed by atoms with Crippen molar-refractivity contribution in [3.63, 3.8) is 0 Å². The van der Waals surface area contributed by atoms with Crippen molar-refractivity contribution < 1.29 is 13.5 Å². The van der Waals surface area contributed by atoms with E-state index in [0.29, 0.717) is 17.9 Å². The fraction of sp³-hybridized carbons (Fsp3) is 0.417. The second-order valence-corrected chi connectivity index (χ2v) is 7.28. The van der Waals surface area contributed by atoms with Gasteiger partial charge >= 0.3 is 0 Å². The van der Waals surface area contributed by atoms with E-state index >= 15 is 0 Å². The number of hydrogen-bond donors (Lipinski definition) is 0. The highest BCUT2D eigenvalue weighted by Gasteiger charge is 2.21. The fourth-order valence-electron chi connectivity index (χ4n) is 3.80. The van der Waals surface area contributed by atoms with Gasteiger partial charge in [0.2, 0.25) is 0 Å². The molecule has 1 fully saturated rings. The first kappa shape index (κ1) is 19.4. The van der Waals surface area contributed by atoms with Crippen LogP contribution in [0.15, 0.2) is 36.4 Å². The van der Waals surface area contributed by atoms with Gasteiger partial charge in [-0.1, -0.05) is 37.3 Å². The molecule has 0 radical (unpaired) electrons. The Hall–Kier alpha value is -2.34. The van der Waals surface area contributed by atoms with Gasteiger partial charge in [-0.3, -0.25) is 0 Å². The lowest BCUT2D eigenvalue weighted by Gasteiger charge is -2.26. The first-order chi connectivity index (χ1) is 13.1. The summed E-state index contributed by atoms with van der Waals surface area (Å²) in [6.45, 7) is 1.99. The minimum atomic E-state index is -0.544. The summed E-state index contributed by atoms with van der Waals surface area (Å²) in [5.41, 5.74) is 1.93. The fourth-order valence-corrected chi connectivity index (χ4v) is 3.80. The molecule has 0 amide bonds. The maximum Gasteiger partial charge on any atom is 0.142 e. The standard InChI is InChI=1S/C24H26F2O/c1-3-4-18-15-23(25)22(24(26)16-18)14-7-17-5-8-19(9-6-17)20-10-12-21(27-2)13-11-20/h10-13,15-17,19H,3-6,8-9H2,1-2H3. The van der Waals surface area contributed by atoms with Crippen molar-refractivity contribution in [1.29, 1.82) is 0 Å². The van der Waals surface area contributed by atoms with Crippen molar-refractivity contribution in [1.82, 2.24) is 0 Å². The molecule has 0 unspecified atom stereocenters. The Morgan fingerprint density at radius 2 is 1.63 bits per heavy atom. The van der Waals surface area contributed by atoms with Gasteiger partial charge in [0.05, 0.1) is 12.7 Å². The molecule has 0 spiro atoms. The van der Waals surface area contributed by atoms with Gasteiger partial charge in [-0.25, -0.2) is 8.78 Å². The van der Waals surface area contributed by atoms with Crippen molar-refractivity contribution in [2.45, 2.75) is 51.4 Å². The predicted octanol–water partition coefficient (Wildman–Crippen LogP) is 6.25. The third-order valence-electron chi connectivity index (χ3n) is 5.36. The van der Waals surface area contributed by atoms with E-state index < -0.39 is 11.6 Å². The van der Waals surface area contributed by atoms with Crippen molar-refractivity contribution in [2.75, 3.05) is 7.11 Å². The molecule has 3 heteroatoms. The van der Waals surface area contributed by atoms with Crippen molar-refractivity contribution in [3.8, 4) is 17.6 Å². The Kier molecular flexibility index (Phi) is 6.50. The molecule has 27 heavy (non-hydrogen) atoms. The third-order valence-corrected chi connectivity index (χ3v) is 5.36. The number of ether oxygens (including phenoxy) is 1. The van der Waals surface area contributed by atoms with E-state index in [1.165, 1.54) is 17.7 Å². The highest BCUT2D eigenvalue weighted by molar-refractivity contribution is 5.39. The van der Waals surface area contributed by atoms with Gasteiger partial charge in [-0.05, 0) is 73.4 Å². The first-order valence-corrected chi connectivity index (χ1v) is 9.74. The van der Waals surface area contributed by atoms with Crippen LogP contribution in [0.4, 0.5) is 8.78 Å². The average molecular weight is 368 g/mol. The molecule has 3 rings (SSSR count). The van der Waals surface area contributed by atoms with Gasteiger partial charge in [0, 0.05) is 5.92 Å². The number of aryl methyl sites for hydroxylation is 1. The maximum atomic E-state index is 14.2. The minimum absolute atomic E-state index is 0.0906. The Labute approximate surface area is 160 Å². The molecule has 0 saturated heterocycles. The smallest absolute Gasteiger partial charge is 0.142 e. The number of hydrogen-bond acceptors (Lipinski definition) is 1. The Morgan fingerprint density at radius 3 is 2.19 bits per heavy atom. The van der Waals surface area contributed by atoms with Gasteiger partial charge in [0.1, 0.15) is 17.4 Å². The minimum Gasteiger partial charge on any atom is -0.497 e. The van der Waals surface area contributed by atoms with Crippen molar-refractivity contribution in [3.05, 3.63) is 64.7 Å². The van der Waals surface area contributed by atoms with Crippen LogP contribution in [0.2, 0.25) is 0 Å². The SMILES string of the molecule is CCCc1cc(F)c(C#CC2CCC(c3ccc(OC)cc3)CC2)c(F)c1. The molecule has 1 aliphatic carbocycles. The van der Waals surface area contributed by atoms with Crippen LogP contribution in [0.3, 0.4) is 0 Å². The highest BCUT2D eigenvalue weighted by Crippen LogP contribution is 2.36. The summed E-state index contributed by atoms with van der Waals surface area (Å²) < 4.78 is 33.6. The summed E-state index contributed by atoms with van der Waals surface area (Å²) in [6, 6.07) is 11.1. The number of benzene rings is 2. The monoisotopic (exact) mass is 368 g/mol. The Morgan fingerprint density at radius 1 is 1.00 bits per heavy atom. The van der Waals surface area contributed by atoms with Gasteiger partial charge in [-0.2, -0.15) is 0 Å². The van der Waals surface area contributed by atoms with Crippen LogP contribution in [0.5, 0.6) is 5.75 Å². The molecular formula is C24H26F2O. The molecule has 0 N–H and O–H groups in total. The van der Waals surface area contributed by atoms with Crippen molar-refractivity contribution in [2.24, 2.45) is 5.92 Å². The van der Waals surface area contributed by atoms with E-state index in [0.717, 1.165) is 37.9 Å². The second kappa shape index (κ2) is 9.04. The number of halogens is 2. The van der Waals surface area contributed by atoms with E-state index in [1.807, 2.05) is 19.1 Å². The molecule has 1 aliphatic rings. The van der Waals surface area contributed by atoms with Crippen LogP contribution in [0, 0.1) is 29.4 Å². The predicted molar refractivity (Wildman–Crippen MR) is 105 cm³/mol. The lowest BCUT2D eigenvalue weighted by atomic mass is 9.79. The summed E-state index contributed by atoms with van der Waals surface area (Å²) in [4.78, 5) is 0. The summed E-state index contributed by atoms with van der Waals surface area (Å²) >= 11 is 0. The summed E-state index contributed by atoms with van der Waals surface area (Å²) in [7, 11) is 1.67. The summed E-state index contributed by atoms with van der Waals surface area (Å²) in [6.07, 6.45) is 5.55. The zero-order chi connectivity index (χ0) is 19.2. The average Bonchev–Trinajstić information content (AvgIpc) is 2.68.